The van der Waals surface area contributed by atoms with Crippen LogP contribution in [0.1, 0.15) is 24.3 Å². The molecule has 3 unspecified atom stereocenters. The molecule has 3 atom stereocenters. The lowest BCUT2D eigenvalue weighted by Crippen LogP contribution is -2.17. The third-order valence-electron chi connectivity index (χ3n) is 3.62. The maximum atomic E-state index is 6.64. The average molecular weight is 350 g/mol. The van der Waals surface area contributed by atoms with E-state index in [9.17, 15) is 0 Å². The third-order valence-corrected chi connectivity index (χ3v) is 4.93. The molecule has 2 rings (SSSR count). The van der Waals surface area contributed by atoms with Crippen LogP contribution in [0.5, 0.6) is 11.5 Å². The van der Waals surface area contributed by atoms with Gasteiger partial charge in [0.05, 0.1) is 25.7 Å². The molecule has 1 aromatic carbocycles. The third kappa shape index (κ3) is 2.86. The predicted octanol–water partition coefficient (Wildman–Crippen LogP) is 4.17. The summed E-state index contributed by atoms with van der Waals surface area (Å²) in [4.78, 5) is 0. The molecule has 1 saturated heterocycles. The molecule has 1 aliphatic heterocycles. The van der Waals surface area contributed by atoms with Crippen molar-refractivity contribution in [3.63, 3.8) is 0 Å². The van der Waals surface area contributed by atoms with Crippen LogP contribution in [0, 0.1) is 5.92 Å². The zero-order valence-electron chi connectivity index (χ0n) is 11.3. The molecule has 0 aromatic heterocycles. The van der Waals surface area contributed by atoms with E-state index in [-0.39, 0.29) is 11.5 Å². The fourth-order valence-corrected chi connectivity index (χ4v) is 3.69. The van der Waals surface area contributed by atoms with Crippen molar-refractivity contribution in [2.75, 3.05) is 20.8 Å². The molecule has 0 radical (unpaired) electrons. The van der Waals surface area contributed by atoms with E-state index >= 15 is 0 Å². The molecule has 0 saturated carbocycles. The molecular weight excluding hydrogens is 332 g/mol. The van der Waals surface area contributed by atoms with E-state index in [4.69, 9.17) is 25.8 Å². The Morgan fingerprint density at radius 1 is 1.37 bits per heavy atom. The Morgan fingerprint density at radius 2 is 2.11 bits per heavy atom. The van der Waals surface area contributed by atoms with Crippen molar-refractivity contribution in [2.24, 2.45) is 5.92 Å². The van der Waals surface area contributed by atoms with Crippen molar-refractivity contribution in [3.8, 4) is 11.5 Å². The minimum absolute atomic E-state index is 0.130. The summed E-state index contributed by atoms with van der Waals surface area (Å²) < 4.78 is 17.1. The second-order valence-electron chi connectivity index (χ2n) is 4.63. The molecule has 0 spiro atoms. The fourth-order valence-electron chi connectivity index (χ4n) is 2.50. The van der Waals surface area contributed by atoms with Gasteiger partial charge in [-0.3, -0.25) is 0 Å². The Labute approximate surface area is 127 Å². The summed E-state index contributed by atoms with van der Waals surface area (Å²) in [7, 11) is 3.27. The summed E-state index contributed by atoms with van der Waals surface area (Å²) in [6.07, 6.45) is 1.15. The van der Waals surface area contributed by atoms with Crippen LogP contribution in [0.2, 0.25) is 0 Å². The number of alkyl halides is 1. The second-order valence-corrected chi connectivity index (χ2v) is 5.90. The van der Waals surface area contributed by atoms with Gasteiger partial charge in [-0.2, -0.15) is 0 Å². The molecular formula is C14H18BrClO3. The highest BCUT2D eigenvalue weighted by Crippen LogP contribution is 2.46. The molecule has 106 valence electrons. The molecule has 0 aliphatic carbocycles. The molecule has 0 bridgehead atoms. The zero-order chi connectivity index (χ0) is 14.0. The van der Waals surface area contributed by atoms with Crippen LogP contribution in [0.3, 0.4) is 0 Å². The van der Waals surface area contributed by atoms with Gasteiger partial charge in [-0.05, 0) is 35.3 Å². The van der Waals surface area contributed by atoms with Crippen molar-refractivity contribution in [2.45, 2.75) is 24.8 Å². The second kappa shape index (κ2) is 6.33. The van der Waals surface area contributed by atoms with Crippen molar-refractivity contribution in [1.29, 1.82) is 0 Å². The summed E-state index contributed by atoms with van der Waals surface area (Å²) in [6.45, 7) is 2.84. The van der Waals surface area contributed by atoms with Gasteiger partial charge < -0.3 is 14.2 Å². The Kier molecular flexibility index (Phi) is 4.98. The number of halogens is 2. The van der Waals surface area contributed by atoms with Gasteiger partial charge in [0.15, 0.2) is 0 Å². The number of hydrogen-bond acceptors (Lipinski definition) is 3. The highest BCUT2D eigenvalue weighted by atomic mass is 79.9. The highest BCUT2D eigenvalue weighted by molar-refractivity contribution is 9.10. The summed E-state index contributed by atoms with van der Waals surface area (Å²) in [5, 5.41) is -0.130. The lowest BCUT2D eigenvalue weighted by molar-refractivity contribution is 0.104. The average Bonchev–Trinajstić information content (AvgIpc) is 2.83. The molecule has 3 nitrogen and oxygen atoms in total. The van der Waals surface area contributed by atoms with Gasteiger partial charge in [0.2, 0.25) is 0 Å². The van der Waals surface area contributed by atoms with Crippen molar-refractivity contribution < 1.29 is 14.2 Å². The van der Waals surface area contributed by atoms with Gasteiger partial charge in [0.1, 0.15) is 16.0 Å². The summed E-state index contributed by atoms with van der Waals surface area (Å²) in [6, 6.07) is 3.86. The standard InChI is InChI=1S/C14H18BrClO3/c1-8-9(6-7-19-8)13(16)10-4-5-11(17-2)12(15)14(10)18-3/h4-5,8-9,13H,6-7H2,1-3H3. The van der Waals surface area contributed by atoms with E-state index in [1.165, 1.54) is 0 Å². The summed E-state index contributed by atoms with van der Waals surface area (Å²) in [5.74, 6) is 1.77. The van der Waals surface area contributed by atoms with Gasteiger partial charge in [-0.1, -0.05) is 6.07 Å². The molecule has 0 amide bonds. The lowest BCUT2D eigenvalue weighted by Gasteiger charge is -2.23. The van der Waals surface area contributed by atoms with E-state index in [0.717, 1.165) is 34.6 Å². The van der Waals surface area contributed by atoms with Crippen LogP contribution in [0.4, 0.5) is 0 Å². The quantitative estimate of drug-likeness (QED) is 0.764. The van der Waals surface area contributed by atoms with E-state index in [1.807, 2.05) is 12.1 Å². The van der Waals surface area contributed by atoms with Crippen molar-refractivity contribution in [3.05, 3.63) is 22.2 Å². The van der Waals surface area contributed by atoms with Crippen molar-refractivity contribution in [1.82, 2.24) is 0 Å². The van der Waals surface area contributed by atoms with E-state index in [0.29, 0.717) is 5.92 Å². The fraction of sp³-hybridized carbons (Fsp3) is 0.571. The predicted molar refractivity (Wildman–Crippen MR) is 79.4 cm³/mol. The maximum Gasteiger partial charge on any atom is 0.141 e. The minimum Gasteiger partial charge on any atom is -0.495 e. The van der Waals surface area contributed by atoms with Crippen LogP contribution in [0.25, 0.3) is 0 Å². The Bertz CT molecular complexity index is 453. The Balaban J connectivity index is 2.36. The SMILES string of the molecule is COc1ccc(C(Cl)C2CCOC2C)c(OC)c1Br. The summed E-state index contributed by atoms with van der Waals surface area (Å²) >= 11 is 10.1. The smallest absolute Gasteiger partial charge is 0.141 e. The number of hydrogen-bond donors (Lipinski definition) is 0. The first-order chi connectivity index (χ1) is 9.10. The molecule has 19 heavy (non-hydrogen) atoms. The zero-order valence-corrected chi connectivity index (χ0v) is 13.6. The Morgan fingerprint density at radius 3 is 2.63 bits per heavy atom. The monoisotopic (exact) mass is 348 g/mol. The van der Waals surface area contributed by atoms with Gasteiger partial charge >= 0.3 is 0 Å². The number of rotatable bonds is 4. The minimum atomic E-state index is -0.130. The highest BCUT2D eigenvalue weighted by Gasteiger charge is 2.33. The van der Waals surface area contributed by atoms with Gasteiger partial charge in [-0.25, -0.2) is 0 Å². The molecule has 1 aromatic rings. The molecule has 1 heterocycles. The number of ether oxygens (including phenoxy) is 3. The van der Waals surface area contributed by atoms with Gasteiger partial charge in [-0.15, -0.1) is 11.6 Å². The first kappa shape index (κ1) is 14.9. The first-order valence-electron chi connectivity index (χ1n) is 6.26. The number of benzene rings is 1. The molecule has 5 heteroatoms. The van der Waals surface area contributed by atoms with Crippen LogP contribution >= 0.6 is 27.5 Å². The Hall–Kier alpha value is -0.450. The van der Waals surface area contributed by atoms with Gasteiger partial charge in [0, 0.05) is 18.1 Å². The normalized spacial score (nSPS) is 24.3. The van der Waals surface area contributed by atoms with Crippen molar-refractivity contribution >= 4 is 27.5 Å². The molecule has 1 fully saturated rings. The van der Waals surface area contributed by atoms with E-state index in [1.54, 1.807) is 14.2 Å². The molecule has 1 aliphatic rings. The molecule has 0 N–H and O–H groups in total. The largest absolute Gasteiger partial charge is 0.495 e. The summed E-state index contributed by atoms with van der Waals surface area (Å²) in [5.41, 5.74) is 0.971. The van der Waals surface area contributed by atoms with Crippen LogP contribution in [0.15, 0.2) is 16.6 Å². The van der Waals surface area contributed by atoms with Gasteiger partial charge in [0.25, 0.3) is 0 Å². The van der Waals surface area contributed by atoms with E-state index < -0.39 is 0 Å². The van der Waals surface area contributed by atoms with Crippen LogP contribution in [-0.4, -0.2) is 26.9 Å². The maximum absolute atomic E-state index is 6.64. The topological polar surface area (TPSA) is 27.7 Å². The lowest BCUT2D eigenvalue weighted by atomic mass is 9.93. The van der Waals surface area contributed by atoms with E-state index in [2.05, 4.69) is 22.9 Å². The van der Waals surface area contributed by atoms with Crippen LogP contribution in [-0.2, 0) is 4.74 Å². The number of methoxy groups -OCH3 is 2. The first-order valence-corrected chi connectivity index (χ1v) is 7.49. The van der Waals surface area contributed by atoms with Crippen LogP contribution < -0.4 is 9.47 Å².